The molecule has 0 radical (unpaired) electrons. The maximum atomic E-state index is 14.8. The Balaban J connectivity index is 1.52. The van der Waals surface area contributed by atoms with Gasteiger partial charge in [-0.3, -0.25) is 4.79 Å². The van der Waals surface area contributed by atoms with Gasteiger partial charge in [0.25, 0.3) is 0 Å². The number of allylic oxidation sites excluding steroid dienone is 4. The highest BCUT2D eigenvalue weighted by molar-refractivity contribution is 5.93. The second-order valence-corrected chi connectivity index (χ2v) is 11.5. The molecule has 0 heterocycles. The molecule has 0 unspecified atom stereocenters. The fraction of sp³-hybridized carbons (Fsp3) is 0.567. The highest BCUT2D eigenvalue weighted by atomic mass is 19.1. The molecule has 1 aromatic carbocycles. The zero-order valence-electron chi connectivity index (χ0n) is 20.0. The van der Waals surface area contributed by atoms with Gasteiger partial charge in [0.05, 0.1) is 0 Å². The summed E-state index contributed by atoms with van der Waals surface area (Å²) in [5, 5.41) is 11.9. The largest absolute Gasteiger partial charge is 0.377 e. The Morgan fingerprint density at radius 3 is 2.50 bits per heavy atom. The summed E-state index contributed by atoms with van der Waals surface area (Å²) in [7, 11) is 0. The molecular weight excluding hydrogens is 430 g/mol. The zero-order chi connectivity index (χ0) is 23.8. The van der Waals surface area contributed by atoms with E-state index in [1.165, 1.54) is 30.2 Å². The summed E-state index contributed by atoms with van der Waals surface area (Å²) in [5.74, 6) is 6.50. The van der Waals surface area contributed by atoms with Gasteiger partial charge in [0.1, 0.15) is 17.2 Å². The van der Waals surface area contributed by atoms with Crippen LogP contribution in [0.5, 0.6) is 0 Å². The second-order valence-electron chi connectivity index (χ2n) is 11.5. The van der Waals surface area contributed by atoms with Crippen LogP contribution in [0.3, 0.4) is 0 Å². The van der Waals surface area contributed by atoms with Crippen LogP contribution in [-0.4, -0.2) is 16.5 Å². The summed E-state index contributed by atoms with van der Waals surface area (Å²) < 4.78 is 29.5. The number of ketones is 1. The van der Waals surface area contributed by atoms with Gasteiger partial charge in [0.2, 0.25) is 0 Å². The fourth-order valence-corrected chi connectivity index (χ4v) is 7.48. The van der Waals surface area contributed by atoms with Crippen molar-refractivity contribution in [2.75, 3.05) is 0 Å². The topological polar surface area (TPSA) is 37.3 Å². The predicted molar refractivity (Wildman–Crippen MR) is 127 cm³/mol. The number of fused-ring (bicyclic) bond motifs is 4. The van der Waals surface area contributed by atoms with Crippen molar-refractivity contribution in [2.45, 2.75) is 83.2 Å². The van der Waals surface area contributed by atoms with Crippen molar-refractivity contribution in [1.82, 2.24) is 0 Å². The summed E-state index contributed by atoms with van der Waals surface area (Å²) in [4.78, 5) is 12.2. The molecule has 0 spiro atoms. The maximum Gasteiger partial charge on any atom is 0.156 e. The second kappa shape index (κ2) is 7.62. The normalized spacial score (nSPS) is 36.8. The molecule has 3 saturated carbocycles. The van der Waals surface area contributed by atoms with Crippen molar-refractivity contribution in [3.8, 4) is 11.8 Å². The van der Waals surface area contributed by atoms with Crippen LogP contribution in [0.25, 0.3) is 0 Å². The minimum absolute atomic E-state index is 0.0398. The number of halogens is 2. The smallest absolute Gasteiger partial charge is 0.156 e. The van der Waals surface area contributed by atoms with Gasteiger partial charge in [0.15, 0.2) is 5.78 Å². The maximum absolute atomic E-state index is 14.8. The molecule has 0 aliphatic heterocycles. The Kier molecular flexibility index (Phi) is 4.98. The number of rotatable bonds is 1. The van der Waals surface area contributed by atoms with Crippen LogP contribution in [0, 0.1) is 53.6 Å². The van der Waals surface area contributed by atoms with Gasteiger partial charge in [-0.1, -0.05) is 24.3 Å². The Morgan fingerprint density at radius 1 is 1.06 bits per heavy atom. The Bertz CT molecular complexity index is 1190. The van der Waals surface area contributed by atoms with Crippen LogP contribution < -0.4 is 0 Å². The lowest BCUT2D eigenvalue weighted by atomic mass is 9.51. The van der Waals surface area contributed by atoms with Crippen LogP contribution in [0.4, 0.5) is 8.78 Å². The fourth-order valence-electron chi connectivity index (χ4n) is 7.48. The van der Waals surface area contributed by atoms with Crippen molar-refractivity contribution >= 4 is 5.78 Å². The number of benzene rings is 1. The summed E-state index contributed by atoms with van der Waals surface area (Å²) in [6.07, 6.45) is 9.18. The van der Waals surface area contributed by atoms with Crippen molar-refractivity contribution in [2.24, 2.45) is 23.2 Å². The summed E-state index contributed by atoms with van der Waals surface area (Å²) in [6, 6.07) is 2.99. The van der Waals surface area contributed by atoms with Crippen molar-refractivity contribution < 1.29 is 18.7 Å². The molecule has 0 bridgehead atoms. The van der Waals surface area contributed by atoms with E-state index in [1.54, 1.807) is 6.08 Å². The number of carbonyl (C=O) groups excluding carboxylic acids is 1. The molecule has 0 aromatic heterocycles. The molecular formula is C30H32F2O2. The average molecular weight is 463 g/mol. The Morgan fingerprint density at radius 2 is 1.79 bits per heavy atom. The molecule has 3 fully saturated rings. The number of hydrogen-bond donors (Lipinski definition) is 1. The predicted octanol–water partition coefficient (Wildman–Crippen LogP) is 6.32. The summed E-state index contributed by atoms with van der Waals surface area (Å²) >= 11 is 0. The molecule has 2 nitrogen and oxygen atoms in total. The third kappa shape index (κ3) is 3.27. The average Bonchev–Trinajstić information content (AvgIpc) is 3.59. The van der Waals surface area contributed by atoms with Crippen LogP contribution >= 0.6 is 0 Å². The van der Waals surface area contributed by atoms with E-state index in [2.05, 4.69) is 18.8 Å². The SMILES string of the molecule is Cc1c(F)cc([C@H]2C[C@@]3(C)[C@@H](CC[C@@]3(O)C#CC3CC3)[C@@H]3CCC4=CC(=O)CCC4=C32)cc1F. The molecule has 178 valence electrons. The van der Waals surface area contributed by atoms with E-state index in [4.69, 9.17) is 0 Å². The van der Waals surface area contributed by atoms with Gasteiger partial charge < -0.3 is 5.11 Å². The van der Waals surface area contributed by atoms with Crippen molar-refractivity contribution in [1.29, 1.82) is 0 Å². The summed E-state index contributed by atoms with van der Waals surface area (Å²) in [5.41, 5.74) is 2.80. The van der Waals surface area contributed by atoms with E-state index in [1.807, 2.05) is 0 Å². The minimum Gasteiger partial charge on any atom is -0.377 e. The van der Waals surface area contributed by atoms with E-state index < -0.39 is 22.7 Å². The lowest BCUT2D eigenvalue weighted by molar-refractivity contribution is -0.114. The lowest BCUT2D eigenvalue weighted by Crippen LogP contribution is -2.51. The van der Waals surface area contributed by atoms with Crippen molar-refractivity contribution in [3.05, 3.63) is 57.7 Å². The molecule has 5 aliphatic carbocycles. The molecule has 5 aliphatic rings. The van der Waals surface area contributed by atoms with Gasteiger partial charge in [-0.15, -0.1) is 0 Å². The number of aliphatic hydroxyl groups is 1. The first-order valence-corrected chi connectivity index (χ1v) is 12.9. The third-order valence-electron chi connectivity index (χ3n) is 9.65. The molecule has 1 aromatic rings. The van der Waals surface area contributed by atoms with Crippen LogP contribution in [-0.2, 0) is 4.79 Å². The first kappa shape index (κ1) is 22.2. The van der Waals surface area contributed by atoms with E-state index in [-0.39, 0.29) is 29.1 Å². The standard InChI is InChI=1S/C30H32F2O2/c1-17-26(31)14-20(15-27(17)32)24-16-29(2)25(10-12-30(29,34)11-9-18-3-4-18)23-7-5-19-13-21(33)6-8-22(19)28(23)24/h13-15,18,23-25,34H,3-8,10,12,16H2,1-2H3/t23-,24+,25-,29-,30-/m0/s1. The van der Waals surface area contributed by atoms with Gasteiger partial charge >= 0.3 is 0 Å². The lowest BCUT2D eigenvalue weighted by Gasteiger charge is -2.53. The Hall–Kier alpha value is -2.25. The third-order valence-corrected chi connectivity index (χ3v) is 9.65. The molecule has 5 atom stereocenters. The molecule has 6 rings (SSSR count). The van der Waals surface area contributed by atoms with Crippen molar-refractivity contribution in [3.63, 3.8) is 0 Å². The van der Waals surface area contributed by atoms with E-state index in [0.717, 1.165) is 37.7 Å². The molecule has 34 heavy (non-hydrogen) atoms. The van der Waals surface area contributed by atoms with Crippen LogP contribution in [0.1, 0.15) is 81.8 Å². The minimum atomic E-state index is -1.07. The van der Waals surface area contributed by atoms with Crippen LogP contribution in [0.2, 0.25) is 0 Å². The van der Waals surface area contributed by atoms with Gasteiger partial charge in [-0.25, -0.2) is 8.78 Å². The Labute approximate surface area is 200 Å². The van der Waals surface area contributed by atoms with Gasteiger partial charge in [0, 0.05) is 29.2 Å². The number of carbonyl (C=O) groups is 1. The molecule has 0 saturated heterocycles. The van der Waals surface area contributed by atoms with Gasteiger partial charge in [-0.05, 0) is 105 Å². The first-order chi connectivity index (χ1) is 16.2. The first-order valence-electron chi connectivity index (χ1n) is 12.9. The molecule has 1 N–H and O–H groups in total. The quantitative estimate of drug-likeness (QED) is 0.496. The highest BCUT2D eigenvalue weighted by Crippen LogP contribution is 2.66. The monoisotopic (exact) mass is 462 g/mol. The zero-order valence-corrected chi connectivity index (χ0v) is 20.0. The van der Waals surface area contributed by atoms with E-state index in [0.29, 0.717) is 37.2 Å². The number of hydrogen-bond acceptors (Lipinski definition) is 2. The van der Waals surface area contributed by atoms with E-state index >= 15 is 0 Å². The molecule has 0 amide bonds. The van der Waals surface area contributed by atoms with E-state index in [9.17, 15) is 18.7 Å². The highest BCUT2D eigenvalue weighted by Gasteiger charge is 2.62. The van der Waals surface area contributed by atoms with Crippen LogP contribution in [0.15, 0.2) is 34.9 Å². The summed E-state index contributed by atoms with van der Waals surface area (Å²) in [6.45, 7) is 3.63. The molecule has 4 heteroatoms. The van der Waals surface area contributed by atoms with Gasteiger partial charge in [-0.2, -0.15) is 0 Å².